The van der Waals surface area contributed by atoms with E-state index in [4.69, 9.17) is 5.73 Å². The van der Waals surface area contributed by atoms with Gasteiger partial charge in [-0.25, -0.2) is 0 Å². The molecule has 0 amide bonds. The summed E-state index contributed by atoms with van der Waals surface area (Å²) in [6.07, 6.45) is 5.09. The third-order valence-electron chi connectivity index (χ3n) is 4.41. The van der Waals surface area contributed by atoms with Crippen molar-refractivity contribution in [3.8, 4) is 0 Å². The van der Waals surface area contributed by atoms with Crippen LogP contribution >= 0.6 is 0 Å². The standard InChI is InChI=1S/C16H26N2/c1-4-13-7-9-15(10-8-13)18(3)16(2,12-17)11-14-5-6-14/h7-10,14H,4-6,11-12,17H2,1-3H3. The number of nitrogens with two attached hydrogens (primary N) is 1. The van der Waals surface area contributed by atoms with E-state index in [0.29, 0.717) is 0 Å². The number of nitrogens with zero attached hydrogens (tertiary/aromatic N) is 1. The molecule has 1 aromatic rings. The molecule has 0 heterocycles. The average molecular weight is 246 g/mol. The Labute approximate surface area is 111 Å². The summed E-state index contributed by atoms with van der Waals surface area (Å²) < 4.78 is 0. The van der Waals surface area contributed by atoms with Crippen LogP contribution in [0.5, 0.6) is 0 Å². The van der Waals surface area contributed by atoms with Crippen LogP contribution in [0.1, 0.15) is 38.7 Å². The van der Waals surface area contributed by atoms with Crippen molar-refractivity contribution in [2.24, 2.45) is 11.7 Å². The number of rotatable bonds is 6. The molecule has 2 heteroatoms. The maximum Gasteiger partial charge on any atom is 0.0495 e. The summed E-state index contributed by atoms with van der Waals surface area (Å²) in [5.74, 6) is 0.899. The normalized spacial score (nSPS) is 18.4. The summed E-state index contributed by atoms with van der Waals surface area (Å²) in [5, 5.41) is 0. The topological polar surface area (TPSA) is 29.3 Å². The molecule has 1 atom stereocenters. The number of aryl methyl sites for hydroxylation is 1. The van der Waals surface area contributed by atoms with Crippen molar-refractivity contribution in [1.82, 2.24) is 0 Å². The fourth-order valence-corrected chi connectivity index (χ4v) is 2.57. The molecule has 1 saturated carbocycles. The minimum Gasteiger partial charge on any atom is -0.368 e. The molecule has 1 aliphatic rings. The van der Waals surface area contributed by atoms with Crippen LogP contribution in [-0.4, -0.2) is 19.1 Å². The lowest BCUT2D eigenvalue weighted by Gasteiger charge is -2.40. The predicted molar refractivity (Wildman–Crippen MR) is 79.0 cm³/mol. The molecule has 1 fully saturated rings. The zero-order chi connectivity index (χ0) is 13.2. The van der Waals surface area contributed by atoms with Gasteiger partial charge in [-0.1, -0.05) is 31.9 Å². The number of anilines is 1. The van der Waals surface area contributed by atoms with Gasteiger partial charge >= 0.3 is 0 Å². The van der Waals surface area contributed by atoms with Gasteiger partial charge < -0.3 is 10.6 Å². The van der Waals surface area contributed by atoms with Crippen LogP contribution in [0, 0.1) is 5.92 Å². The van der Waals surface area contributed by atoms with Crippen molar-refractivity contribution in [2.75, 3.05) is 18.5 Å². The quantitative estimate of drug-likeness (QED) is 0.835. The number of hydrogen-bond donors (Lipinski definition) is 1. The lowest BCUT2D eigenvalue weighted by molar-refractivity contribution is 0.396. The fraction of sp³-hybridized carbons (Fsp3) is 0.625. The molecule has 18 heavy (non-hydrogen) atoms. The van der Waals surface area contributed by atoms with Crippen LogP contribution in [0.4, 0.5) is 5.69 Å². The van der Waals surface area contributed by atoms with E-state index in [9.17, 15) is 0 Å². The number of hydrogen-bond acceptors (Lipinski definition) is 2. The van der Waals surface area contributed by atoms with Crippen molar-refractivity contribution in [1.29, 1.82) is 0 Å². The van der Waals surface area contributed by atoms with E-state index in [0.717, 1.165) is 18.9 Å². The van der Waals surface area contributed by atoms with Gasteiger partial charge in [0.25, 0.3) is 0 Å². The zero-order valence-electron chi connectivity index (χ0n) is 11.9. The molecule has 0 aliphatic heterocycles. The van der Waals surface area contributed by atoms with Gasteiger partial charge in [0.2, 0.25) is 0 Å². The lowest BCUT2D eigenvalue weighted by atomic mass is 9.92. The van der Waals surface area contributed by atoms with E-state index < -0.39 is 0 Å². The SMILES string of the molecule is CCc1ccc(N(C)C(C)(CN)CC2CC2)cc1. The van der Waals surface area contributed by atoms with E-state index in [1.54, 1.807) is 0 Å². The fourth-order valence-electron chi connectivity index (χ4n) is 2.57. The van der Waals surface area contributed by atoms with Crippen LogP contribution in [0.2, 0.25) is 0 Å². The third-order valence-corrected chi connectivity index (χ3v) is 4.41. The molecule has 1 unspecified atom stereocenters. The Hall–Kier alpha value is -1.02. The summed E-state index contributed by atoms with van der Waals surface area (Å²) in [5.41, 5.74) is 8.80. The van der Waals surface area contributed by atoms with Crippen LogP contribution in [0.15, 0.2) is 24.3 Å². The second kappa shape index (κ2) is 5.31. The minimum absolute atomic E-state index is 0.0922. The zero-order valence-corrected chi connectivity index (χ0v) is 11.9. The van der Waals surface area contributed by atoms with E-state index in [2.05, 4.69) is 50.1 Å². The Morgan fingerprint density at radius 2 is 1.89 bits per heavy atom. The van der Waals surface area contributed by atoms with Crippen molar-refractivity contribution < 1.29 is 0 Å². The number of likely N-dealkylation sites (N-methyl/N-ethyl adjacent to an activating group) is 1. The summed E-state index contributed by atoms with van der Waals surface area (Å²) in [7, 11) is 2.18. The predicted octanol–water partition coefficient (Wildman–Crippen LogP) is 3.20. The Balaban J connectivity index is 2.13. The summed E-state index contributed by atoms with van der Waals surface area (Å²) in [4.78, 5) is 2.37. The van der Waals surface area contributed by atoms with Crippen LogP contribution in [0.25, 0.3) is 0 Å². The third kappa shape index (κ3) is 2.86. The van der Waals surface area contributed by atoms with Crippen molar-refractivity contribution in [3.63, 3.8) is 0 Å². The van der Waals surface area contributed by atoms with Gasteiger partial charge in [-0.15, -0.1) is 0 Å². The first-order chi connectivity index (χ1) is 8.59. The molecule has 100 valence electrons. The summed E-state index contributed by atoms with van der Waals surface area (Å²) in [6, 6.07) is 8.89. The van der Waals surface area contributed by atoms with Crippen molar-refractivity contribution >= 4 is 5.69 Å². The Morgan fingerprint density at radius 1 is 1.28 bits per heavy atom. The van der Waals surface area contributed by atoms with Crippen LogP contribution in [0.3, 0.4) is 0 Å². The van der Waals surface area contributed by atoms with E-state index in [1.165, 1.54) is 30.5 Å². The highest BCUT2D eigenvalue weighted by Gasteiger charge is 2.35. The molecular weight excluding hydrogens is 220 g/mol. The van der Waals surface area contributed by atoms with E-state index >= 15 is 0 Å². The maximum atomic E-state index is 6.04. The molecule has 2 nitrogen and oxygen atoms in total. The van der Waals surface area contributed by atoms with Crippen LogP contribution in [-0.2, 0) is 6.42 Å². The second-order valence-corrected chi connectivity index (χ2v) is 5.93. The highest BCUT2D eigenvalue weighted by atomic mass is 15.2. The molecule has 1 aromatic carbocycles. The molecule has 0 bridgehead atoms. The molecule has 2 rings (SSSR count). The molecule has 0 spiro atoms. The largest absolute Gasteiger partial charge is 0.368 e. The highest BCUT2D eigenvalue weighted by Crippen LogP contribution is 2.39. The molecule has 1 aliphatic carbocycles. The summed E-state index contributed by atoms with van der Waals surface area (Å²) >= 11 is 0. The summed E-state index contributed by atoms with van der Waals surface area (Å²) in [6.45, 7) is 5.20. The first-order valence-corrected chi connectivity index (χ1v) is 7.12. The Morgan fingerprint density at radius 3 is 2.33 bits per heavy atom. The second-order valence-electron chi connectivity index (χ2n) is 5.93. The first-order valence-electron chi connectivity index (χ1n) is 7.12. The maximum absolute atomic E-state index is 6.04. The highest BCUT2D eigenvalue weighted by molar-refractivity contribution is 5.49. The van der Waals surface area contributed by atoms with Crippen LogP contribution < -0.4 is 10.6 Å². The number of benzene rings is 1. The molecule has 2 N–H and O–H groups in total. The van der Waals surface area contributed by atoms with Gasteiger partial charge in [0, 0.05) is 24.8 Å². The van der Waals surface area contributed by atoms with E-state index in [1.807, 2.05) is 0 Å². The van der Waals surface area contributed by atoms with Gasteiger partial charge in [0.15, 0.2) is 0 Å². The first kappa shape index (κ1) is 13.4. The molecular formula is C16H26N2. The molecule has 0 aromatic heterocycles. The molecule has 0 radical (unpaired) electrons. The lowest BCUT2D eigenvalue weighted by Crippen LogP contribution is -2.50. The van der Waals surface area contributed by atoms with E-state index in [-0.39, 0.29) is 5.54 Å². The minimum atomic E-state index is 0.0922. The van der Waals surface area contributed by atoms with Crippen molar-refractivity contribution in [3.05, 3.63) is 29.8 Å². The monoisotopic (exact) mass is 246 g/mol. The molecule has 0 saturated heterocycles. The Kier molecular flexibility index (Phi) is 3.96. The van der Waals surface area contributed by atoms with Crippen molar-refractivity contribution in [2.45, 2.75) is 45.1 Å². The Bertz CT molecular complexity index is 381. The van der Waals surface area contributed by atoms with Gasteiger partial charge in [-0.05, 0) is 43.4 Å². The van der Waals surface area contributed by atoms with Gasteiger partial charge in [-0.3, -0.25) is 0 Å². The van der Waals surface area contributed by atoms with Gasteiger partial charge in [-0.2, -0.15) is 0 Å². The smallest absolute Gasteiger partial charge is 0.0495 e. The van der Waals surface area contributed by atoms with Gasteiger partial charge in [0.1, 0.15) is 0 Å². The van der Waals surface area contributed by atoms with Gasteiger partial charge in [0.05, 0.1) is 0 Å². The average Bonchev–Trinajstić information content (AvgIpc) is 3.21.